The molecule has 0 aliphatic rings. The third-order valence-corrected chi connectivity index (χ3v) is 2.70. The number of hydrogen-bond donors (Lipinski definition) is 4. The van der Waals surface area contributed by atoms with Gasteiger partial charge >= 0.3 is 5.97 Å². The van der Waals surface area contributed by atoms with Crippen LogP contribution >= 0.6 is 0 Å². The average molecular weight is 277 g/mol. The molecule has 2 heterocycles. The topological polar surface area (TPSA) is 124 Å². The van der Waals surface area contributed by atoms with Gasteiger partial charge in [0.15, 0.2) is 17.2 Å². The number of nitrogens with one attached hydrogen (secondary N) is 3. The summed E-state index contributed by atoms with van der Waals surface area (Å²) in [7, 11) is 0. The Hall–Kier alpha value is -2.64. The van der Waals surface area contributed by atoms with Crippen LogP contribution in [0.15, 0.2) is 12.4 Å². The van der Waals surface area contributed by atoms with E-state index >= 15 is 0 Å². The number of carbonyl (C=O) groups excluding carboxylic acids is 1. The zero-order valence-corrected chi connectivity index (χ0v) is 11.3. The van der Waals surface area contributed by atoms with Crippen molar-refractivity contribution in [2.45, 2.75) is 26.2 Å². The second-order valence-corrected chi connectivity index (χ2v) is 5.30. The van der Waals surface area contributed by atoms with Crippen LogP contribution < -0.4 is 5.32 Å². The number of rotatable bonds is 3. The van der Waals surface area contributed by atoms with Crippen LogP contribution in [-0.4, -0.2) is 37.1 Å². The molecule has 2 rings (SSSR count). The van der Waals surface area contributed by atoms with E-state index in [1.54, 1.807) is 6.07 Å². The highest BCUT2D eigenvalue weighted by Gasteiger charge is 2.22. The van der Waals surface area contributed by atoms with Crippen molar-refractivity contribution in [3.63, 3.8) is 0 Å². The highest BCUT2D eigenvalue weighted by Crippen LogP contribution is 2.22. The molecule has 8 nitrogen and oxygen atoms in total. The minimum Gasteiger partial charge on any atom is -0.477 e. The van der Waals surface area contributed by atoms with Crippen LogP contribution in [0.3, 0.4) is 0 Å². The lowest BCUT2D eigenvalue weighted by atomic mass is 9.92. The highest BCUT2D eigenvalue weighted by atomic mass is 16.4. The van der Waals surface area contributed by atoms with Crippen molar-refractivity contribution in [1.29, 1.82) is 0 Å². The molecule has 0 saturated carbocycles. The van der Waals surface area contributed by atoms with Gasteiger partial charge in [0.25, 0.3) is 5.91 Å². The second-order valence-electron chi connectivity index (χ2n) is 5.30. The Bertz CT molecular complexity index is 650. The summed E-state index contributed by atoms with van der Waals surface area (Å²) in [6, 6.07) is 1.70. The highest BCUT2D eigenvalue weighted by molar-refractivity contribution is 6.08. The van der Waals surface area contributed by atoms with E-state index in [0.29, 0.717) is 5.82 Å². The summed E-state index contributed by atoms with van der Waals surface area (Å²) < 4.78 is 0. The first-order valence-corrected chi connectivity index (χ1v) is 5.93. The Morgan fingerprint density at radius 1 is 1.35 bits per heavy atom. The van der Waals surface area contributed by atoms with Gasteiger partial charge < -0.3 is 15.4 Å². The summed E-state index contributed by atoms with van der Waals surface area (Å²) in [5, 5.41) is 18.2. The maximum absolute atomic E-state index is 11.9. The molecular formula is C12H15N5O3. The van der Waals surface area contributed by atoms with Gasteiger partial charge in [0.2, 0.25) is 0 Å². The first-order chi connectivity index (χ1) is 9.29. The lowest BCUT2D eigenvalue weighted by Gasteiger charge is -2.14. The smallest absolute Gasteiger partial charge is 0.354 e. The molecule has 0 aliphatic heterocycles. The van der Waals surface area contributed by atoms with Gasteiger partial charge in [-0.3, -0.25) is 9.89 Å². The van der Waals surface area contributed by atoms with Gasteiger partial charge in [-0.2, -0.15) is 5.10 Å². The minimum absolute atomic E-state index is 0.130. The van der Waals surface area contributed by atoms with Crippen molar-refractivity contribution >= 4 is 17.7 Å². The lowest BCUT2D eigenvalue weighted by molar-refractivity contribution is 0.0686. The van der Waals surface area contributed by atoms with Crippen LogP contribution in [0.2, 0.25) is 0 Å². The third-order valence-electron chi connectivity index (χ3n) is 2.70. The number of aromatic amines is 2. The molecule has 0 fully saturated rings. The van der Waals surface area contributed by atoms with E-state index in [1.165, 1.54) is 0 Å². The molecule has 106 valence electrons. The monoisotopic (exact) mass is 277 g/mol. The molecule has 8 heteroatoms. The predicted octanol–water partition coefficient (Wildman–Crippen LogP) is 1.38. The number of nitrogens with zero attached hydrogens (tertiary/aromatic N) is 2. The summed E-state index contributed by atoms with van der Waals surface area (Å²) >= 11 is 0. The number of hydrogen-bond acceptors (Lipinski definition) is 4. The maximum Gasteiger partial charge on any atom is 0.354 e. The average Bonchev–Trinajstić information content (AvgIpc) is 2.95. The Morgan fingerprint density at radius 2 is 2.05 bits per heavy atom. The van der Waals surface area contributed by atoms with Crippen LogP contribution in [0.25, 0.3) is 0 Å². The summed E-state index contributed by atoms with van der Waals surface area (Å²) in [6.45, 7) is 6.01. The van der Waals surface area contributed by atoms with E-state index in [-0.39, 0.29) is 16.8 Å². The van der Waals surface area contributed by atoms with Crippen molar-refractivity contribution in [2.75, 3.05) is 5.32 Å². The second kappa shape index (κ2) is 4.80. The van der Waals surface area contributed by atoms with E-state index in [1.807, 2.05) is 20.8 Å². The molecule has 1 amide bonds. The number of carboxylic acids is 1. The first-order valence-electron chi connectivity index (χ1n) is 5.93. The molecule has 0 saturated heterocycles. The molecule has 0 radical (unpaired) electrons. The van der Waals surface area contributed by atoms with Crippen LogP contribution in [0.1, 0.15) is 47.4 Å². The van der Waals surface area contributed by atoms with Crippen molar-refractivity contribution in [3.05, 3.63) is 29.5 Å². The number of anilines is 1. The van der Waals surface area contributed by atoms with Crippen molar-refractivity contribution in [2.24, 2.45) is 0 Å². The normalized spacial score (nSPS) is 11.3. The standard InChI is InChI=1S/C12H15N5O3/c1-12(2,3)6-4-7(17-16-6)15-10(18)8-9(11(19)20)14-5-13-8/h4-5H,1-3H3,(H,13,14)(H,19,20)(H2,15,16,17,18). The molecule has 0 spiro atoms. The number of imidazole rings is 1. The summed E-state index contributed by atoms with van der Waals surface area (Å²) in [4.78, 5) is 29.0. The fourth-order valence-corrected chi connectivity index (χ4v) is 1.57. The van der Waals surface area contributed by atoms with Gasteiger partial charge in [0, 0.05) is 17.2 Å². The van der Waals surface area contributed by atoms with E-state index in [4.69, 9.17) is 5.11 Å². The summed E-state index contributed by atoms with van der Waals surface area (Å²) in [6.07, 6.45) is 1.16. The fourth-order valence-electron chi connectivity index (χ4n) is 1.57. The predicted molar refractivity (Wildman–Crippen MR) is 70.8 cm³/mol. The van der Waals surface area contributed by atoms with Gasteiger partial charge in [-0.15, -0.1) is 0 Å². The van der Waals surface area contributed by atoms with Gasteiger partial charge in [-0.25, -0.2) is 9.78 Å². The Kier molecular flexibility index (Phi) is 3.31. The molecule has 0 bridgehead atoms. The third kappa shape index (κ3) is 2.68. The van der Waals surface area contributed by atoms with Crippen LogP contribution in [0, 0.1) is 0 Å². The first kappa shape index (κ1) is 13.8. The van der Waals surface area contributed by atoms with Crippen LogP contribution in [0.4, 0.5) is 5.82 Å². The van der Waals surface area contributed by atoms with Gasteiger partial charge in [-0.1, -0.05) is 20.8 Å². The van der Waals surface area contributed by atoms with Gasteiger partial charge in [0.1, 0.15) is 0 Å². The number of aromatic nitrogens is 4. The molecule has 0 atom stereocenters. The number of carboxylic acid groups (broad SMARTS) is 1. The molecular weight excluding hydrogens is 262 g/mol. The Labute approximate surface area is 114 Å². The van der Waals surface area contributed by atoms with Crippen molar-refractivity contribution < 1.29 is 14.7 Å². The summed E-state index contributed by atoms with van der Waals surface area (Å²) in [5.41, 5.74) is 0.286. The largest absolute Gasteiger partial charge is 0.477 e. The SMILES string of the molecule is CC(C)(C)c1cc(NC(=O)c2nc[nH]c2C(=O)O)n[nH]1. The van der Waals surface area contributed by atoms with Crippen LogP contribution in [-0.2, 0) is 5.41 Å². The van der Waals surface area contributed by atoms with Gasteiger partial charge in [0.05, 0.1) is 6.33 Å². The molecule has 2 aromatic heterocycles. The minimum atomic E-state index is -1.25. The molecule has 0 aromatic carbocycles. The maximum atomic E-state index is 11.9. The molecule has 4 N–H and O–H groups in total. The van der Waals surface area contributed by atoms with E-state index in [9.17, 15) is 9.59 Å². The zero-order chi connectivity index (χ0) is 14.9. The van der Waals surface area contributed by atoms with Gasteiger partial charge in [-0.05, 0) is 0 Å². The quantitative estimate of drug-likeness (QED) is 0.674. The number of carbonyl (C=O) groups is 2. The van der Waals surface area contributed by atoms with Crippen LogP contribution in [0.5, 0.6) is 0 Å². The zero-order valence-electron chi connectivity index (χ0n) is 11.3. The van der Waals surface area contributed by atoms with Crippen molar-refractivity contribution in [3.8, 4) is 0 Å². The molecule has 20 heavy (non-hydrogen) atoms. The number of aromatic carboxylic acids is 1. The Morgan fingerprint density at radius 3 is 2.60 bits per heavy atom. The molecule has 0 aliphatic carbocycles. The Balaban J connectivity index is 2.18. The fraction of sp³-hybridized carbons (Fsp3) is 0.333. The molecule has 2 aromatic rings. The summed E-state index contributed by atoms with van der Waals surface area (Å²) in [5.74, 6) is -1.56. The van der Waals surface area contributed by atoms with E-state index < -0.39 is 11.9 Å². The van der Waals surface area contributed by atoms with E-state index in [2.05, 4.69) is 25.5 Å². The van der Waals surface area contributed by atoms with Crippen molar-refractivity contribution in [1.82, 2.24) is 20.2 Å². The van der Waals surface area contributed by atoms with E-state index in [0.717, 1.165) is 12.0 Å². The molecule has 0 unspecified atom stereocenters. The number of H-pyrrole nitrogens is 2. The lowest BCUT2D eigenvalue weighted by Crippen LogP contribution is -2.16. The number of amides is 1.